The molecule has 2 heterocycles. The maximum absolute atomic E-state index is 13.0. The van der Waals surface area contributed by atoms with E-state index in [0.717, 1.165) is 41.7 Å². The summed E-state index contributed by atoms with van der Waals surface area (Å²) < 4.78 is 26.1. The van der Waals surface area contributed by atoms with Gasteiger partial charge in [0.05, 0.1) is 9.79 Å². The van der Waals surface area contributed by atoms with Gasteiger partial charge in [-0.2, -0.15) is 0 Å². The number of aromatic nitrogens is 1. The summed E-state index contributed by atoms with van der Waals surface area (Å²) in [7, 11) is -3.51. The van der Waals surface area contributed by atoms with Crippen LogP contribution in [0, 0.1) is 13.8 Å². The molecule has 0 bridgehead atoms. The summed E-state index contributed by atoms with van der Waals surface area (Å²) in [4.78, 5) is 3.93. The van der Waals surface area contributed by atoms with Gasteiger partial charge in [-0.1, -0.05) is 6.07 Å². The van der Waals surface area contributed by atoms with E-state index in [-0.39, 0.29) is 0 Å². The number of fused-ring (bicyclic) bond motifs is 1. The molecule has 130 valence electrons. The second-order valence-electron chi connectivity index (χ2n) is 6.91. The molecule has 2 aromatic carbocycles. The van der Waals surface area contributed by atoms with Crippen LogP contribution in [0.2, 0.25) is 0 Å². The molecule has 1 fully saturated rings. The van der Waals surface area contributed by atoms with Crippen LogP contribution in [0.4, 0.5) is 0 Å². The Morgan fingerprint density at radius 3 is 2.48 bits per heavy atom. The van der Waals surface area contributed by atoms with Crippen LogP contribution in [-0.2, 0) is 9.84 Å². The number of sulfone groups is 1. The number of aromatic amines is 1. The normalized spacial score (nSPS) is 18.1. The first-order chi connectivity index (χ1) is 11.9. The molecule has 0 aliphatic carbocycles. The molecule has 2 N–H and O–H groups in total. The number of H-pyrrole nitrogens is 1. The number of hydrogen-bond donors (Lipinski definition) is 2. The van der Waals surface area contributed by atoms with Crippen molar-refractivity contribution in [1.29, 1.82) is 0 Å². The molecular formula is C20H22N2O2S. The Kier molecular flexibility index (Phi) is 3.93. The summed E-state index contributed by atoms with van der Waals surface area (Å²) in [6.07, 6.45) is 1.11. The first-order valence-corrected chi connectivity index (χ1v) is 10.1. The maximum atomic E-state index is 13.0. The summed E-state index contributed by atoms with van der Waals surface area (Å²) in [6.45, 7) is 5.97. The smallest absolute Gasteiger partial charge is 0.206 e. The lowest BCUT2D eigenvalue weighted by atomic mass is 9.94. The predicted molar refractivity (Wildman–Crippen MR) is 99.9 cm³/mol. The highest BCUT2D eigenvalue weighted by atomic mass is 32.2. The fourth-order valence-electron chi connectivity index (χ4n) is 3.75. The minimum Gasteiger partial charge on any atom is -0.359 e. The van der Waals surface area contributed by atoms with Crippen LogP contribution in [0.15, 0.2) is 52.3 Å². The zero-order valence-corrected chi connectivity index (χ0v) is 15.3. The molecule has 0 spiro atoms. The number of benzene rings is 2. The quantitative estimate of drug-likeness (QED) is 0.754. The first-order valence-electron chi connectivity index (χ1n) is 8.61. The topological polar surface area (TPSA) is 62.0 Å². The highest BCUT2D eigenvalue weighted by Gasteiger charge is 2.22. The van der Waals surface area contributed by atoms with Crippen molar-refractivity contribution in [3.63, 3.8) is 0 Å². The van der Waals surface area contributed by atoms with Gasteiger partial charge in [-0.25, -0.2) is 8.42 Å². The summed E-state index contributed by atoms with van der Waals surface area (Å²) in [6, 6.07) is 12.8. The maximum Gasteiger partial charge on any atom is 0.206 e. The second-order valence-corrected chi connectivity index (χ2v) is 8.86. The summed E-state index contributed by atoms with van der Waals surface area (Å²) >= 11 is 0. The average Bonchev–Trinajstić information content (AvgIpc) is 3.22. The fraction of sp³-hybridized carbons (Fsp3) is 0.300. The molecule has 1 aliphatic heterocycles. The van der Waals surface area contributed by atoms with Crippen LogP contribution in [0.1, 0.15) is 29.2 Å². The Morgan fingerprint density at radius 2 is 1.76 bits per heavy atom. The van der Waals surface area contributed by atoms with E-state index in [1.54, 1.807) is 18.2 Å². The molecule has 5 heteroatoms. The SMILES string of the molecule is Cc1cc2cc(S(=O)(=O)c3ccc(C4CCNC4)c(C)c3)ccc2[nH]1. The first kappa shape index (κ1) is 16.4. The van der Waals surface area contributed by atoms with Gasteiger partial charge in [-0.3, -0.25) is 0 Å². The number of aryl methyl sites for hydroxylation is 2. The third-order valence-electron chi connectivity index (χ3n) is 5.09. The molecule has 4 nitrogen and oxygen atoms in total. The lowest BCUT2D eigenvalue weighted by molar-refractivity contribution is 0.596. The highest BCUT2D eigenvalue weighted by Crippen LogP contribution is 2.30. The van der Waals surface area contributed by atoms with Gasteiger partial charge < -0.3 is 10.3 Å². The molecule has 0 radical (unpaired) electrons. The molecular weight excluding hydrogens is 332 g/mol. The van der Waals surface area contributed by atoms with E-state index < -0.39 is 9.84 Å². The predicted octanol–water partition coefficient (Wildman–Crippen LogP) is 3.69. The molecule has 0 saturated carbocycles. The highest BCUT2D eigenvalue weighted by molar-refractivity contribution is 7.91. The number of nitrogens with one attached hydrogen (secondary N) is 2. The Bertz CT molecular complexity index is 1040. The Labute approximate surface area is 148 Å². The van der Waals surface area contributed by atoms with Gasteiger partial charge in [0.2, 0.25) is 9.84 Å². The number of hydrogen-bond acceptors (Lipinski definition) is 3. The van der Waals surface area contributed by atoms with Gasteiger partial charge >= 0.3 is 0 Å². The lowest BCUT2D eigenvalue weighted by Crippen LogP contribution is -2.09. The van der Waals surface area contributed by atoms with Crippen molar-refractivity contribution in [3.8, 4) is 0 Å². The van der Waals surface area contributed by atoms with Gasteiger partial charge in [-0.05, 0) is 80.3 Å². The van der Waals surface area contributed by atoms with E-state index in [4.69, 9.17) is 0 Å². The molecule has 1 aliphatic rings. The Morgan fingerprint density at radius 1 is 1.00 bits per heavy atom. The van der Waals surface area contributed by atoms with Crippen molar-refractivity contribution in [2.24, 2.45) is 0 Å². The fourth-order valence-corrected chi connectivity index (χ4v) is 5.13. The molecule has 3 aromatic rings. The summed E-state index contributed by atoms with van der Waals surface area (Å²) in [5.41, 5.74) is 4.28. The van der Waals surface area contributed by atoms with E-state index in [1.807, 2.05) is 38.1 Å². The largest absolute Gasteiger partial charge is 0.359 e. The minimum atomic E-state index is -3.51. The lowest BCUT2D eigenvalue weighted by Gasteiger charge is -2.14. The molecule has 1 aromatic heterocycles. The van der Waals surface area contributed by atoms with Gasteiger partial charge in [0.15, 0.2) is 0 Å². The van der Waals surface area contributed by atoms with Crippen LogP contribution in [0.5, 0.6) is 0 Å². The molecule has 25 heavy (non-hydrogen) atoms. The molecule has 1 unspecified atom stereocenters. The van der Waals surface area contributed by atoms with Crippen LogP contribution in [-0.4, -0.2) is 26.5 Å². The van der Waals surface area contributed by atoms with Crippen LogP contribution in [0.3, 0.4) is 0 Å². The van der Waals surface area contributed by atoms with Gasteiger partial charge in [-0.15, -0.1) is 0 Å². The van der Waals surface area contributed by atoms with Crippen LogP contribution in [0.25, 0.3) is 10.9 Å². The number of rotatable bonds is 3. The standard InChI is InChI=1S/C20H22N2O2S/c1-13-9-17(3-5-19(13)15-7-8-21-12-15)25(23,24)18-4-6-20-16(11-18)10-14(2)22-20/h3-6,9-11,15,21-22H,7-8,12H2,1-2H3. The van der Waals surface area contributed by atoms with Gasteiger partial charge in [0.25, 0.3) is 0 Å². The Hall–Kier alpha value is -2.11. The molecule has 4 rings (SSSR count). The van der Waals surface area contributed by atoms with Crippen molar-refractivity contribution in [1.82, 2.24) is 10.3 Å². The van der Waals surface area contributed by atoms with Crippen molar-refractivity contribution in [3.05, 3.63) is 59.3 Å². The third kappa shape index (κ3) is 2.87. The van der Waals surface area contributed by atoms with Crippen molar-refractivity contribution >= 4 is 20.7 Å². The zero-order chi connectivity index (χ0) is 17.6. The van der Waals surface area contributed by atoms with E-state index in [0.29, 0.717) is 15.7 Å². The monoisotopic (exact) mass is 354 g/mol. The van der Waals surface area contributed by atoms with Crippen molar-refractivity contribution in [2.75, 3.05) is 13.1 Å². The van der Waals surface area contributed by atoms with E-state index in [1.165, 1.54) is 5.56 Å². The average molecular weight is 354 g/mol. The zero-order valence-electron chi connectivity index (χ0n) is 14.5. The van der Waals surface area contributed by atoms with Crippen LogP contribution >= 0.6 is 0 Å². The van der Waals surface area contributed by atoms with E-state index >= 15 is 0 Å². The van der Waals surface area contributed by atoms with Crippen LogP contribution < -0.4 is 5.32 Å². The summed E-state index contributed by atoms with van der Waals surface area (Å²) in [5, 5.41) is 4.29. The van der Waals surface area contributed by atoms with Gasteiger partial charge in [0, 0.05) is 23.1 Å². The van der Waals surface area contributed by atoms with Crippen molar-refractivity contribution in [2.45, 2.75) is 36.0 Å². The second kappa shape index (κ2) is 6.00. The summed E-state index contributed by atoms with van der Waals surface area (Å²) in [5.74, 6) is 0.482. The molecule has 0 amide bonds. The molecule has 1 saturated heterocycles. The third-order valence-corrected chi connectivity index (χ3v) is 6.84. The minimum absolute atomic E-state index is 0.341. The van der Waals surface area contributed by atoms with E-state index in [2.05, 4.69) is 10.3 Å². The Balaban J connectivity index is 1.74. The van der Waals surface area contributed by atoms with Crippen molar-refractivity contribution < 1.29 is 8.42 Å². The molecule has 1 atom stereocenters. The van der Waals surface area contributed by atoms with Gasteiger partial charge in [0.1, 0.15) is 0 Å². The van der Waals surface area contributed by atoms with E-state index in [9.17, 15) is 8.42 Å².